The summed E-state index contributed by atoms with van der Waals surface area (Å²) in [5.74, 6) is 1.43. The third-order valence-corrected chi connectivity index (χ3v) is 4.92. The summed E-state index contributed by atoms with van der Waals surface area (Å²) in [6, 6.07) is 20.7. The third kappa shape index (κ3) is 3.15. The molecule has 0 atom stereocenters. The number of aryl methyl sites for hydroxylation is 2. The molecule has 28 heavy (non-hydrogen) atoms. The Labute approximate surface area is 164 Å². The Morgan fingerprint density at radius 1 is 0.679 bits per heavy atom. The Morgan fingerprint density at radius 2 is 1.07 bits per heavy atom. The summed E-state index contributed by atoms with van der Waals surface area (Å²) >= 11 is 0. The molecule has 0 saturated heterocycles. The average molecular weight is 362 g/mol. The van der Waals surface area contributed by atoms with E-state index < -0.39 is 0 Å². The highest BCUT2D eigenvalue weighted by molar-refractivity contribution is 5.89. The highest BCUT2D eigenvalue weighted by atomic mass is 16.3. The molecule has 0 N–H and O–H groups in total. The molecule has 0 bridgehead atoms. The molecule has 1 aliphatic rings. The van der Waals surface area contributed by atoms with Gasteiger partial charge in [-0.2, -0.15) is 10.5 Å². The molecule has 0 spiro atoms. The minimum atomic E-state index is 0.336. The van der Waals surface area contributed by atoms with Gasteiger partial charge in [-0.25, -0.2) is 0 Å². The molecular weight excluding hydrogens is 344 g/mol. The number of hydrogen-bond acceptors (Lipinski definition) is 3. The van der Waals surface area contributed by atoms with Crippen LogP contribution in [0.15, 0.2) is 64.1 Å². The molecule has 3 nitrogen and oxygen atoms in total. The van der Waals surface area contributed by atoms with Crippen molar-refractivity contribution in [2.24, 2.45) is 0 Å². The van der Waals surface area contributed by atoms with Gasteiger partial charge in [0.1, 0.15) is 11.5 Å². The minimum absolute atomic E-state index is 0.336. The van der Waals surface area contributed by atoms with Gasteiger partial charge in [0, 0.05) is 39.8 Å². The van der Waals surface area contributed by atoms with Crippen molar-refractivity contribution >= 4 is 12.2 Å². The number of rotatable bonds is 2. The number of fused-ring (bicyclic) bond motifs is 1. The van der Waals surface area contributed by atoms with Crippen molar-refractivity contribution in [1.29, 1.82) is 10.5 Å². The van der Waals surface area contributed by atoms with Crippen molar-refractivity contribution in [3.63, 3.8) is 0 Å². The number of nitrogens with zero attached hydrogens (tertiary/aromatic N) is 2. The zero-order valence-corrected chi connectivity index (χ0v) is 15.8. The summed E-state index contributed by atoms with van der Waals surface area (Å²) < 4.78 is 6.35. The van der Waals surface area contributed by atoms with Crippen LogP contribution in [-0.2, 0) is 0 Å². The highest BCUT2D eigenvalue weighted by Gasteiger charge is 2.23. The summed E-state index contributed by atoms with van der Waals surface area (Å²) in [5.41, 5.74) is 7.03. The summed E-state index contributed by atoms with van der Waals surface area (Å²) in [6.45, 7) is 4.08. The number of furan rings is 1. The van der Waals surface area contributed by atoms with E-state index >= 15 is 0 Å². The largest absolute Gasteiger partial charge is 0.455 e. The van der Waals surface area contributed by atoms with Gasteiger partial charge in [0.2, 0.25) is 0 Å². The second-order valence-corrected chi connectivity index (χ2v) is 7.06. The van der Waals surface area contributed by atoms with E-state index in [1.54, 1.807) is 0 Å². The van der Waals surface area contributed by atoms with Crippen molar-refractivity contribution in [2.75, 3.05) is 0 Å². The zero-order chi connectivity index (χ0) is 19.7. The van der Waals surface area contributed by atoms with Crippen LogP contribution in [-0.4, -0.2) is 0 Å². The van der Waals surface area contributed by atoms with Gasteiger partial charge in [0.05, 0.1) is 12.1 Å². The van der Waals surface area contributed by atoms with Crippen molar-refractivity contribution in [2.45, 2.75) is 20.3 Å². The SMILES string of the molecule is Cc1ccc(-c2oc(-c3ccc(C)cc3)c3c2C=C(C#N)CC(C#N)=C3)cc1. The van der Waals surface area contributed by atoms with Crippen molar-refractivity contribution < 1.29 is 4.42 Å². The quantitative estimate of drug-likeness (QED) is 0.526. The lowest BCUT2D eigenvalue weighted by Gasteiger charge is -2.02. The number of allylic oxidation sites excluding steroid dienone is 2. The summed E-state index contributed by atoms with van der Waals surface area (Å²) in [4.78, 5) is 0. The first-order valence-electron chi connectivity index (χ1n) is 9.11. The molecule has 0 fully saturated rings. The molecule has 0 unspecified atom stereocenters. The lowest BCUT2D eigenvalue weighted by atomic mass is 9.99. The Hall–Kier alpha value is -3.82. The second-order valence-electron chi connectivity index (χ2n) is 7.06. The molecule has 1 heterocycles. The van der Waals surface area contributed by atoms with Crippen LogP contribution in [0.1, 0.15) is 28.7 Å². The minimum Gasteiger partial charge on any atom is -0.455 e. The molecule has 0 amide bonds. The molecule has 0 radical (unpaired) electrons. The van der Waals surface area contributed by atoms with E-state index in [2.05, 4.69) is 12.1 Å². The van der Waals surface area contributed by atoms with Gasteiger partial charge < -0.3 is 4.42 Å². The normalized spacial score (nSPS) is 12.9. The van der Waals surface area contributed by atoms with Crippen LogP contribution >= 0.6 is 0 Å². The predicted molar refractivity (Wildman–Crippen MR) is 111 cm³/mol. The number of nitriles is 2. The van der Waals surface area contributed by atoms with Crippen LogP contribution in [0.4, 0.5) is 0 Å². The standard InChI is InChI=1S/C25H18N2O/c1-16-3-7-20(8-4-16)24-22-12-18(14-26)11-19(15-27)13-23(22)25(28-24)21-9-5-17(2)6-10-21/h3-10,12-13H,11H2,1-2H3. The monoisotopic (exact) mass is 362 g/mol. The molecule has 2 aromatic carbocycles. The predicted octanol–water partition coefficient (Wildman–Crippen LogP) is 6.45. The first-order chi connectivity index (χ1) is 13.6. The van der Waals surface area contributed by atoms with Gasteiger partial charge >= 0.3 is 0 Å². The fourth-order valence-corrected chi connectivity index (χ4v) is 3.38. The van der Waals surface area contributed by atoms with Crippen LogP contribution in [0, 0.1) is 36.5 Å². The average Bonchev–Trinajstić information content (AvgIpc) is 2.94. The van der Waals surface area contributed by atoms with Gasteiger partial charge in [-0.1, -0.05) is 59.7 Å². The molecule has 3 heteroatoms. The van der Waals surface area contributed by atoms with E-state index in [1.807, 2.05) is 74.5 Å². The molecule has 0 saturated carbocycles. The lowest BCUT2D eigenvalue weighted by Crippen LogP contribution is -1.82. The lowest BCUT2D eigenvalue weighted by molar-refractivity contribution is 0.596. The van der Waals surface area contributed by atoms with Gasteiger partial charge in [-0.3, -0.25) is 0 Å². The van der Waals surface area contributed by atoms with E-state index in [0.29, 0.717) is 29.1 Å². The Bertz CT molecular complexity index is 1100. The molecule has 1 aromatic heterocycles. The maximum absolute atomic E-state index is 9.52. The third-order valence-electron chi connectivity index (χ3n) is 4.92. The van der Waals surface area contributed by atoms with E-state index in [4.69, 9.17) is 4.42 Å². The van der Waals surface area contributed by atoms with Gasteiger partial charge in [0.15, 0.2) is 0 Å². The molecule has 1 aliphatic carbocycles. The Balaban J connectivity index is 2.03. The van der Waals surface area contributed by atoms with E-state index in [0.717, 1.165) is 22.3 Å². The highest BCUT2D eigenvalue weighted by Crippen LogP contribution is 2.41. The maximum Gasteiger partial charge on any atom is 0.142 e. The maximum atomic E-state index is 9.52. The topological polar surface area (TPSA) is 60.7 Å². The first kappa shape index (κ1) is 17.6. The summed E-state index contributed by atoms with van der Waals surface area (Å²) in [6.07, 6.45) is 4.04. The van der Waals surface area contributed by atoms with Gasteiger partial charge in [-0.15, -0.1) is 0 Å². The van der Waals surface area contributed by atoms with Gasteiger partial charge in [0.25, 0.3) is 0 Å². The molecule has 3 aromatic rings. The van der Waals surface area contributed by atoms with Gasteiger partial charge in [-0.05, 0) is 26.0 Å². The van der Waals surface area contributed by atoms with E-state index in [1.165, 1.54) is 11.1 Å². The number of benzene rings is 2. The molecule has 4 rings (SSSR count). The number of hydrogen-bond donors (Lipinski definition) is 0. The van der Waals surface area contributed by atoms with Crippen LogP contribution in [0.3, 0.4) is 0 Å². The van der Waals surface area contributed by atoms with E-state index in [9.17, 15) is 10.5 Å². The van der Waals surface area contributed by atoms with Crippen LogP contribution in [0.5, 0.6) is 0 Å². The van der Waals surface area contributed by atoms with E-state index in [-0.39, 0.29) is 0 Å². The van der Waals surface area contributed by atoms with Crippen LogP contribution in [0.2, 0.25) is 0 Å². The molecular formula is C25H18N2O. The Morgan fingerprint density at radius 3 is 1.43 bits per heavy atom. The molecule has 0 aliphatic heterocycles. The smallest absolute Gasteiger partial charge is 0.142 e. The fourth-order valence-electron chi connectivity index (χ4n) is 3.38. The first-order valence-corrected chi connectivity index (χ1v) is 9.11. The van der Waals surface area contributed by atoms with Crippen LogP contribution < -0.4 is 0 Å². The summed E-state index contributed by atoms with van der Waals surface area (Å²) in [7, 11) is 0. The zero-order valence-electron chi connectivity index (χ0n) is 15.8. The summed E-state index contributed by atoms with van der Waals surface area (Å²) in [5, 5.41) is 19.0. The second kappa shape index (κ2) is 7.06. The van der Waals surface area contributed by atoms with Crippen LogP contribution in [0.25, 0.3) is 34.8 Å². The fraction of sp³-hybridized carbons (Fsp3) is 0.120. The van der Waals surface area contributed by atoms with Crippen molar-refractivity contribution in [3.05, 3.63) is 81.9 Å². The Kier molecular flexibility index (Phi) is 4.44. The van der Waals surface area contributed by atoms with Crippen molar-refractivity contribution in [1.82, 2.24) is 0 Å². The molecule has 134 valence electrons. The van der Waals surface area contributed by atoms with Crippen molar-refractivity contribution in [3.8, 4) is 34.8 Å².